The van der Waals surface area contributed by atoms with Crippen LogP contribution in [0.4, 0.5) is 11.4 Å². The molecule has 5 nitrogen and oxygen atoms in total. The van der Waals surface area contributed by atoms with E-state index in [1.165, 1.54) is 16.9 Å². The standard InChI is InChI=1S/C24H23BrN2O3S/c1-17-14-19-16-20(25)10-13-23(19)27(17)24(28)15-18-8-11-21(12-9-18)26(2)31(29,30)22-6-4-3-5-7-22/h3-13,16-17H,14-15H2,1-2H3/t17-/m1/s1. The minimum atomic E-state index is -3.63. The Bertz CT molecular complexity index is 1210. The van der Waals surface area contributed by atoms with Crippen molar-refractivity contribution in [1.82, 2.24) is 0 Å². The van der Waals surface area contributed by atoms with Gasteiger partial charge in [-0.05, 0) is 66.9 Å². The van der Waals surface area contributed by atoms with Crippen LogP contribution < -0.4 is 9.21 Å². The summed E-state index contributed by atoms with van der Waals surface area (Å²) < 4.78 is 27.9. The number of carbonyl (C=O) groups excluding carboxylic acids is 1. The van der Waals surface area contributed by atoms with Gasteiger partial charge < -0.3 is 4.90 Å². The highest BCUT2D eigenvalue weighted by Crippen LogP contribution is 2.34. The van der Waals surface area contributed by atoms with Crippen molar-refractivity contribution in [2.24, 2.45) is 0 Å². The number of amides is 1. The first kappa shape index (κ1) is 21.6. The summed E-state index contributed by atoms with van der Waals surface area (Å²) in [5.41, 5.74) is 3.52. The molecule has 0 unspecified atom stereocenters. The molecule has 1 amide bonds. The molecule has 0 N–H and O–H groups in total. The van der Waals surface area contributed by atoms with Crippen LogP contribution in [0.5, 0.6) is 0 Å². The maximum Gasteiger partial charge on any atom is 0.264 e. The Balaban J connectivity index is 1.50. The molecule has 0 saturated heterocycles. The number of anilines is 2. The SMILES string of the molecule is C[C@@H]1Cc2cc(Br)ccc2N1C(=O)Cc1ccc(N(C)S(=O)(=O)c2ccccc2)cc1. The second kappa shape index (κ2) is 8.48. The number of sulfonamides is 1. The van der Waals surface area contributed by atoms with Crippen LogP contribution in [0.3, 0.4) is 0 Å². The van der Waals surface area contributed by atoms with Crippen LogP contribution in [0.15, 0.2) is 82.2 Å². The highest BCUT2D eigenvalue weighted by Gasteiger charge is 2.30. The number of rotatable bonds is 5. The zero-order valence-electron chi connectivity index (χ0n) is 17.3. The fourth-order valence-electron chi connectivity index (χ4n) is 3.95. The van der Waals surface area contributed by atoms with E-state index in [4.69, 9.17) is 0 Å². The summed E-state index contributed by atoms with van der Waals surface area (Å²) in [5.74, 6) is 0.0339. The molecule has 1 heterocycles. The molecule has 0 aromatic heterocycles. The third kappa shape index (κ3) is 4.25. The number of hydrogen-bond acceptors (Lipinski definition) is 3. The van der Waals surface area contributed by atoms with E-state index in [-0.39, 0.29) is 23.3 Å². The predicted molar refractivity (Wildman–Crippen MR) is 127 cm³/mol. The molecule has 31 heavy (non-hydrogen) atoms. The molecule has 1 aliphatic heterocycles. The Labute approximate surface area is 191 Å². The topological polar surface area (TPSA) is 57.7 Å². The van der Waals surface area contributed by atoms with Gasteiger partial charge in [-0.2, -0.15) is 0 Å². The molecule has 7 heteroatoms. The second-order valence-corrected chi connectivity index (χ2v) is 10.6. The van der Waals surface area contributed by atoms with Gasteiger partial charge >= 0.3 is 0 Å². The summed E-state index contributed by atoms with van der Waals surface area (Å²) in [6, 6.07) is 21.5. The quantitative estimate of drug-likeness (QED) is 0.507. The molecule has 1 atom stereocenters. The van der Waals surface area contributed by atoms with Crippen LogP contribution in [0.25, 0.3) is 0 Å². The number of halogens is 1. The van der Waals surface area contributed by atoms with Crippen molar-refractivity contribution in [2.75, 3.05) is 16.3 Å². The van der Waals surface area contributed by atoms with Gasteiger partial charge in [0.2, 0.25) is 5.91 Å². The Morgan fingerprint density at radius 3 is 2.42 bits per heavy atom. The van der Waals surface area contributed by atoms with Gasteiger partial charge in [-0.1, -0.05) is 46.3 Å². The number of fused-ring (bicyclic) bond motifs is 1. The molecule has 3 aromatic carbocycles. The van der Waals surface area contributed by atoms with Crippen LogP contribution >= 0.6 is 15.9 Å². The first-order chi connectivity index (χ1) is 14.8. The molecule has 1 aliphatic rings. The average Bonchev–Trinajstić information content (AvgIpc) is 3.09. The summed E-state index contributed by atoms with van der Waals surface area (Å²) in [7, 11) is -2.10. The van der Waals surface area contributed by atoms with Crippen molar-refractivity contribution < 1.29 is 13.2 Å². The molecule has 0 saturated carbocycles. The number of hydrogen-bond donors (Lipinski definition) is 0. The lowest BCUT2D eigenvalue weighted by Gasteiger charge is -2.23. The lowest BCUT2D eigenvalue weighted by molar-refractivity contribution is -0.118. The van der Waals surface area contributed by atoms with E-state index in [0.29, 0.717) is 5.69 Å². The normalized spacial score (nSPS) is 15.6. The van der Waals surface area contributed by atoms with Gasteiger partial charge in [0.1, 0.15) is 0 Å². The van der Waals surface area contributed by atoms with E-state index in [0.717, 1.165) is 22.1 Å². The summed E-state index contributed by atoms with van der Waals surface area (Å²) in [6.45, 7) is 2.05. The summed E-state index contributed by atoms with van der Waals surface area (Å²) in [4.78, 5) is 15.1. The van der Waals surface area contributed by atoms with Crippen molar-refractivity contribution in [3.05, 3.63) is 88.4 Å². The van der Waals surface area contributed by atoms with Crippen LogP contribution in [0.1, 0.15) is 18.1 Å². The van der Waals surface area contributed by atoms with E-state index in [1.807, 2.05) is 29.2 Å². The van der Waals surface area contributed by atoms with E-state index in [2.05, 4.69) is 28.9 Å². The van der Waals surface area contributed by atoms with E-state index in [9.17, 15) is 13.2 Å². The highest BCUT2D eigenvalue weighted by molar-refractivity contribution is 9.10. The van der Waals surface area contributed by atoms with Gasteiger partial charge in [0.15, 0.2) is 0 Å². The molecular weight excluding hydrogens is 476 g/mol. The van der Waals surface area contributed by atoms with Crippen LogP contribution in [-0.4, -0.2) is 27.4 Å². The first-order valence-corrected chi connectivity index (χ1v) is 12.2. The molecule has 0 fully saturated rings. The van der Waals surface area contributed by atoms with Crippen molar-refractivity contribution in [2.45, 2.75) is 30.7 Å². The minimum Gasteiger partial charge on any atom is -0.309 e. The largest absolute Gasteiger partial charge is 0.309 e. The van der Waals surface area contributed by atoms with Crippen molar-refractivity contribution in [1.29, 1.82) is 0 Å². The molecule has 0 radical (unpaired) electrons. The molecule has 0 spiro atoms. The molecule has 3 aromatic rings. The zero-order valence-corrected chi connectivity index (χ0v) is 19.7. The minimum absolute atomic E-state index is 0.0339. The lowest BCUT2D eigenvalue weighted by Crippen LogP contribution is -2.36. The highest BCUT2D eigenvalue weighted by atomic mass is 79.9. The van der Waals surface area contributed by atoms with Crippen LogP contribution in [0.2, 0.25) is 0 Å². The first-order valence-electron chi connectivity index (χ1n) is 10.0. The third-order valence-electron chi connectivity index (χ3n) is 5.58. The van der Waals surface area contributed by atoms with Gasteiger partial charge in [-0.25, -0.2) is 8.42 Å². The van der Waals surface area contributed by atoms with Crippen LogP contribution in [0, 0.1) is 0 Å². The average molecular weight is 499 g/mol. The lowest BCUT2D eigenvalue weighted by atomic mass is 10.1. The van der Waals surface area contributed by atoms with Crippen molar-refractivity contribution >= 4 is 43.2 Å². The fourth-order valence-corrected chi connectivity index (χ4v) is 5.58. The molecule has 4 rings (SSSR count). The summed E-state index contributed by atoms with van der Waals surface area (Å²) >= 11 is 3.49. The van der Waals surface area contributed by atoms with Crippen molar-refractivity contribution in [3.8, 4) is 0 Å². The van der Waals surface area contributed by atoms with Gasteiger partial charge in [0.05, 0.1) is 17.0 Å². The second-order valence-electron chi connectivity index (χ2n) is 7.72. The van der Waals surface area contributed by atoms with E-state index >= 15 is 0 Å². The van der Waals surface area contributed by atoms with E-state index in [1.54, 1.807) is 42.5 Å². The Kier molecular flexibility index (Phi) is 5.90. The zero-order chi connectivity index (χ0) is 22.2. The third-order valence-corrected chi connectivity index (χ3v) is 7.88. The monoisotopic (exact) mass is 498 g/mol. The maximum absolute atomic E-state index is 13.0. The van der Waals surface area contributed by atoms with Crippen LogP contribution in [-0.2, 0) is 27.7 Å². The fraction of sp³-hybridized carbons (Fsp3) is 0.208. The Morgan fingerprint density at radius 2 is 1.74 bits per heavy atom. The van der Waals surface area contributed by atoms with Crippen molar-refractivity contribution in [3.63, 3.8) is 0 Å². The molecule has 160 valence electrons. The van der Waals surface area contributed by atoms with E-state index < -0.39 is 10.0 Å². The molecule has 0 aliphatic carbocycles. The van der Waals surface area contributed by atoms with Gasteiger partial charge in [0.25, 0.3) is 10.0 Å². The molecular formula is C24H23BrN2O3S. The van der Waals surface area contributed by atoms with Gasteiger partial charge in [-0.15, -0.1) is 0 Å². The number of benzene rings is 3. The predicted octanol–water partition coefficient (Wildman–Crippen LogP) is 4.79. The molecule has 0 bridgehead atoms. The van der Waals surface area contributed by atoms with Gasteiger partial charge in [-0.3, -0.25) is 9.10 Å². The Hall–Kier alpha value is -2.64. The smallest absolute Gasteiger partial charge is 0.264 e. The number of carbonyl (C=O) groups is 1. The van der Waals surface area contributed by atoms with Gasteiger partial charge in [0, 0.05) is 23.2 Å². The summed E-state index contributed by atoms with van der Waals surface area (Å²) in [5, 5.41) is 0. The Morgan fingerprint density at radius 1 is 1.06 bits per heavy atom. The number of nitrogens with zero attached hydrogens (tertiary/aromatic N) is 2. The summed E-state index contributed by atoms with van der Waals surface area (Å²) in [6.07, 6.45) is 1.09. The maximum atomic E-state index is 13.0.